The highest BCUT2D eigenvalue weighted by Crippen LogP contribution is 2.42. The Balaban J connectivity index is 1.54. The number of nitrogens with zero attached hydrogens (tertiary/aromatic N) is 4. The summed E-state index contributed by atoms with van der Waals surface area (Å²) in [6, 6.07) is 35.9. The molecule has 4 aromatic heterocycles. The van der Waals surface area contributed by atoms with E-state index in [9.17, 15) is 0 Å². The van der Waals surface area contributed by atoms with Gasteiger partial charge in [-0.1, -0.05) is 84.9 Å². The summed E-state index contributed by atoms with van der Waals surface area (Å²) in [5.74, 6) is 1.70. The van der Waals surface area contributed by atoms with Crippen LogP contribution in [0.4, 0.5) is 0 Å². The fraction of sp³-hybridized carbons (Fsp3) is 0. The molecule has 0 saturated carbocycles. The summed E-state index contributed by atoms with van der Waals surface area (Å²) in [4.78, 5) is 14.9. The Morgan fingerprint density at radius 2 is 0.892 bits per heavy atom. The molecule has 4 heterocycles. The molecule has 0 aliphatic rings. The molecule has 0 radical (unpaired) electrons. The first-order chi connectivity index (χ1) is 18.3. The molecule has 0 bridgehead atoms. The van der Waals surface area contributed by atoms with Gasteiger partial charge in [0, 0.05) is 21.9 Å². The summed E-state index contributed by atoms with van der Waals surface area (Å²) < 4.78 is 14.7. The Bertz CT molecular complexity index is 1940. The van der Waals surface area contributed by atoms with Gasteiger partial charge in [-0.15, -0.1) is 0 Å². The molecule has 0 atom stereocenters. The second-order valence-electron chi connectivity index (χ2n) is 8.90. The van der Waals surface area contributed by atoms with E-state index < -0.39 is 0 Å². The molecule has 0 amide bonds. The lowest BCUT2D eigenvalue weighted by molar-refractivity contribution is 0.634. The van der Waals surface area contributed by atoms with Crippen molar-refractivity contribution < 1.29 is 8.83 Å². The maximum atomic E-state index is 6.34. The molecule has 0 spiro atoms. The lowest BCUT2D eigenvalue weighted by atomic mass is 10.2. The summed E-state index contributed by atoms with van der Waals surface area (Å²) in [7, 11) is 0. The van der Waals surface area contributed by atoms with E-state index in [0.717, 1.165) is 44.1 Å². The standard InChI is InChI=1S/C31H18N4O2/c1-3-11-19(12-4-1)29-32-30(20-13-5-2-6-14-20)34-31(33-29)35-25-21-15-7-9-17-23(21)36-27(25)28-26(35)22-16-8-10-18-24(22)37-28/h1-18H. The Labute approximate surface area is 210 Å². The van der Waals surface area contributed by atoms with E-state index in [2.05, 4.69) is 16.7 Å². The molecule has 6 heteroatoms. The van der Waals surface area contributed by atoms with Gasteiger partial charge < -0.3 is 8.83 Å². The number of rotatable bonds is 3. The third-order valence-electron chi connectivity index (χ3n) is 6.68. The van der Waals surface area contributed by atoms with Crippen LogP contribution in [0.25, 0.3) is 72.9 Å². The third kappa shape index (κ3) is 2.96. The van der Waals surface area contributed by atoms with Gasteiger partial charge in [-0.3, -0.25) is 4.57 Å². The van der Waals surface area contributed by atoms with Crippen molar-refractivity contribution in [2.45, 2.75) is 0 Å². The zero-order valence-electron chi connectivity index (χ0n) is 19.5. The van der Waals surface area contributed by atoms with E-state index >= 15 is 0 Å². The molecule has 0 saturated heterocycles. The van der Waals surface area contributed by atoms with Crippen molar-refractivity contribution in [2.75, 3.05) is 0 Å². The molecule has 0 aliphatic carbocycles. The molecule has 174 valence electrons. The van der Waals surface area contributed by atoms with Crippen molar-refractivity contribution in [2.24, 2.45) is 0 Å². The van der Waals surface area contributed by atoms with Crippen molar-refractivity contribution in [3.05, 3.63) is 109 Å². The molecule has 0 unspecified atom stereocenters. The van der Waals surface area contributed by atoms with Crippen molar-refractivity contribution >= 4 is 44.1 Å². The van der Waals surface area contributed by atoms with Gasteiger partial charge in [0.1, 0.15) is 22.2 Å². The Morgan fingerprint density at radius 3 is 1.38 bits per heavy atom. The number of aromatic nitrogens is 4. The smallest absolute Gasteiger partial charge is 0.239 e. The number of hydrogen-bond donors (Lipinski definition) is 0. The van der Waals surface area contributed by atoms with Crippen LogP contribution in [-0.2, 0) is 0 Å². The van der Waals surface area contributed by atoms with E-state index in [0.29, 0.717) is 28.8 Å². The molecular formula is C31H18N4O2. The maximum absolute atomic E-state index is 6.34. The van der Waals surface area contributed by atoms with Crippen LogP contribution in [0.1, 0.15) is 0 Å². The van der Waals surface area contributed by atoms with Gasteiger partial charge in [-0.2, -0.15) is 9.97 Å². The van der Waals surface area contributed by atoms with Gasteiger partial charge >= 0.3 is 0 Å². The van der Waals surface area contributed by atoms with Crippen molar-refractivity contribution in [3.63, 3.8) is 0 Å². The number of fused-ring (bicyclic) bond motifs is 7. The highest BCUT2D eigenvalue weighted by Gasteiger charge is 2.26. The average molecular weight is 479 g/mol. The summed E-state index contributed by atoms with van der Waals surface area (Å²) in [6.45, 7) is 0. The first-order valence-electron chi connectivity index (χ1n) is 12.1. The lowest BCUT2D eigenvalue weighted by Gasteiger charge is -2.10. The second kappa shape index (κ2) is 7.63. The van der Waals surface area contributed by atoms with Crippen LogP contribution >= 0.6 is 0 Å². The van der Waals surface area contributed by atoms with Gasteiger partial charge in [-0.05, 0) is 24.3 Å². The SMILES string of the molecule is c1ccc(-c2nc(-c3ccccc3)nc(-n3c4c5ccccc5oc4c4oc5ccccc5c43)n2)cc1. The van der Waals surface area contributed by atoms with E-state index in [1.54, 1.807) is 0 Å². The predicted octanol–water partition coefficient (Wildman–Crippen LogP) is 7.80. The first-order valence-corrected chi connectivity index (χ1v) is 12.1. The first kappa shape index (κ1) is 20.0. The lowest BCUT2D eigenvalue weighted by Crippen LogP contribution is -2.06. The Morgan fingerprint density at radius 1 is 0.459 bits per heavy atom. The maximum Gasteiger partial charge on any atom is 0.239 e. The van der Waals surface area contributed by atoms with Gasteiger partial charge in [0.05, 0.1) is 0 Å². The highest BCUT2D eigenvalue weighted by atomic mass is 16.4. The number of benzene rings is 4. The molecule has 0 aliphatic heterocycles. The van der Waals surface area contributed by atoms with Crippen LogP contribution < -0.4 is 0 Å². The quantitative estimate of drug-likeness (QED) is 0.259. The molecule has 4 aromatic carbocycles. The van der Waals surface area contributed by atoms with E-state index in [4.69, 9.17) is 23.8 Å². The van der Waals surface area contributed by atoms with Crippen LogP contribution in [0.2, 0.25) is 0 Å². The van der Waals surface area contributed by atoms with Crippen LogP contribution in [0.5, 0.6) is 0 Å². The molecule has 0 fully saturated rings. The fourth-order valence-corrected chi connectivity index (χ4v) is 5.02. The van der Waals surface area contributed by atoms with Crippen LogP contribution in [0.3, 0.4) is 0 Å². The highest BCUT2D eigenvalue weighted by molar-refractivity contribution is 6.20. The summed E-state index contributed by atoms with van der Waals surface area (Å²) in [6.07, 6.45) is 0. The van der Waals surface area contributed by atoms with Crippen LogP contribution in [0, 0.1) is 0 Å². The largest absolute Gasteiger partial charge is 0.450 e. The molecule has 6 nitrogen and oxygen atoms in total. The molecule has 0 N–H and O–H groups in total. The third-order valence-corrected chi connectivity index (χ3v) is 6.68. The normalized spacial score (nSPS) is 11.8. The zero-order chi connectivity index (χ0) is 24.3. The Hall–Kier alpha value is -5.23. The van der Waals surface area contributed by atoms with Crippen molar-refractivity contribution in [3.8, 4) is 28.7 Å². The van der Waals surface area contributed by atoms with Gasteiger partial charge in [0.15, 0.2) is 22.8 Å². The van der Waals surface area contributed by atoms with E-state index in [1.165, 1.54) is 0 Å². The van der Waals surface area contributed by atoms with Crippen molar-refractivity contribution in [1.29, 1.82) is 0 Å². The van der Waals surface area contributed by atoms with Crippen LogP contribution in [-0.4, -0.2) is 19.5 Å². The zero-order valence-corrected chi connectivity index (χ0v) is 19.5. The van der Waals surface area contributed by atoms with E-state index in [1.807, 2.05) is 97.1 Å². The minimum atomic E-state index is 0.505. The molecule has 37 heavy (non-hydrogen) atoms. The molecule has 8 rings (SSSR count). The fourth-order valence-electron chi connectivity index (χ4n) is 5.02. The van der Waals surface area contributed by atoms with Gasteiger partial charge in [0.25, 0.3) is 0 Å². The van der Waals surface area contributed by atoms with Gasteiger partial charge in [-0.25, -0.2) is 4.98 Å². The average Bonchev–Trinajstić information content (AvgIpc) is 3.62. The molecule has 8 aromatic rings. The number of para-hydroxylation sites is 2. The minimum absolute atomic E-state index is 0.505. The van der Waals surface area contributed by atoms with Crippen LogP contribution in [0.15, 0.2) is 118 Å². The number of hydrogen-bond acceptors (Lipinski definition) is 5. The minimum Gasteiger partial charge on any atom is -0.450 e. The summed E-state index contributed by atoms with van der Waals surface area (Å²) in [5, 5.41) is 1.94. The number of furan rings is 2. The predicted molar refractivity (Wildman–Crippen MR) is 145 cm³/mol. The monoisotopic (exact) mass is 478 g/mol. The Kier molecular flexibility index (Phi) is 4.13. The summed E-state index contributed by atoms with van der Waals surface area (Å²) >= 11 is 0. The second-order valence-corrected chi connectivity index (χ2v) is 8.90. The topological polar surface area (TPSA) is 69.9 Å². The van der Waals surface area contributed by atoms with Crippen molar-refractivity contribution in [1.82, 2.24) is 19.5 Å². The van der Waals surface area contributed by atoms with E-state index in [-0.39, 0.29) is 0 Å². The molecular weight excluding hydrogens is 460 g/mol. The van der Waals surface area contributed by atoms with Gasteiger partial charge in [0.2, 0.25) is 5.95 Å². The summed E-state index contributed by atoms with van der Waals surface area (Å²) in [5.41, 5.74) is 6.49.